The van der Waals surface area contributed by atoms with Gasteiger partial charge in [-0.25, -0.2) is 4.79 Å². The van der Waals surface area contributed by atoms with Gasteiger partial charge in [0.05, 0.1) is 5.56 Å². The Morgan fingerprint density at radius 1 is 1.50 bits per heavy atom. The number of nitrogens with zero attached hydrogens (tertiary/aromatic N) is 1. The lowest BCUT2D eigenvalue weighted by Gasteiger charge is -2.17. The maximum atomic E-state index is 10.8. The second-order valence-electron chi connectivity index (χ2n) is 3.32. The van der Waals surface area contributed by atoms with Crippen LogP contribution in [0.2, 0.25) is 0 Å². The first kappa shape index (κ1) is 10.6. The molecule has 14 heavy (non-hydrogen) atoms. The summed E-state index contributed by atoms with van der Waals surface area (Å²) in [5.74, 6) is -0.867. The number of hydrogen-bond acceptors (Lipinski definition) is 2. The summed E-state index contributed by atoms with van der Waals surface area (Å²) in [4.78, 5) is 12.8. The van der Waals surface area contributed by atoms with Crippen LogP contribution in [0.1, 0.15) is 22.8 Å². The van der Waals surface area contributed by atoms with Crippen molar-refractivity contribution in [1.82, 2.24) is 0 Å². The molecule has 3 nitrogen and oxygen atoms in total. The van der Waals surface area contributed by atoms with E-state index in [0.717, 1.165) is 17.8 Å². The fraction of sp³-hybridized carbons (Fsp3) is 0.364. The molecule has 0 aliphatic heterocycles. The predicted molar refractivity (Wildman–Crippen MR) is 57.1 cm³/mol. The number of carbonyl (C=O) groups is 1. The van der Waals surface area contributed by atoms with Crippen LogP contribution < -0.4 is 4.90 Å². The number of carboxylic acid groups (broad SMARTS) is 1. The Labute approximate surface area is 84.0 Å². The van der Waals surface area contributed by atoms with Gasteiger partial charge in [-0.3, -0.25) is 0 Å². The molecule has 1 aromatic carbocycles. The number of aromatic carboxylic acids is 1. The van der Waals surface area contributed by atoms with E-state index in [1.807, 2.05) is 26.1 Å². The molecule has 0 saturated carbocycles. The molecule has 0 amide bonds. The van der Waals surface area contributed by atoms with E-state index in [0.29, 0.717) is 5.56 Å². The number of aryl methyl sites for hydroxylation is 1. The summed E-state index contributed by atoms with van der Waals surface area (Å²) in [7, 11) is 1.98. The number of carboxylic acids is 1. The predicted octanol–water partition coefficient (Wildman–Crippen LogP) is 2.15. The molecule has 0 spiro atoms. The molecule has 0 radical (unpaired) electrons. The maximum absolute atomic E-state index is 10.8. The van der Waals surface area contributed by atoms with Crippen LogP contribution in [0.4, 0.5) is 5.69 Å². The molecule has 0 bridgehead atoms. The van der Waals surface area contributed by atoms with Gasteiger partial charge in [0.15, 0.2) is 0 Å². The van der Waals surface area contributed by atoms with E-state index in [2.05, 4.69) is 11.8 Å². The standard InChI is InChI=1S/C11H15NO2/c1-4-12(3)9-5-6-10(11(13)14)8(2)7-9/h5-7H,4H2,1-3H3,(H,13,14). The van der Waals surface area contributed by atoms with Crippen LogP contribution in [0.3, 0.4) is 0 Å². The van der Waals surface area contributed by atoms with Crippen molar-refractivity contribution in [1.29, 1.82) is 0 Å². The smallest absolute Gasteiger partial charge is 0.335 e. The van der Waals surface area contributed by atoms with Gasteiger partial charge in [0, 0.05) is 19.3 Å². The second-order valence-corrected chi connectivity index (χ2v) is 3.32. The maximum Gasteiger partial charge on any atom is 0.335 e. The van der Waals surface area contributed by atoms with Gasteiger partial charge in [-0.15, -0.1) is 0 Å². The van der Waals surface area contributed by atoms with Crippen LogP contribution in [-0.2, 0) is 0 Å². The van der Waals surface area contributed by atoms with Gasteiger partial charge in [-0.05, 0) is 37.6 Å². The van der Waals surface area contributed by atoms with E-state index in [4.69, 9.17) is 5.11 Å². The van der Waals surface area contributed by atoms with Crippen molar-refractivity contribution in [2.75, 3.05) is 18.5 Å². The molecule has 1 N–H and O–H groups in total. The van der Waals surface area contributed by atoms with Gasteiger partial charge in [-0.1, -0.05) is 0 Å². The summed E-state index contributed by atoms with van der Waals surface area (Å²) < 4.78 is 0. The minimum atomic E-state index is -0.867. The summed E-state index contributed by atoms with van der Waals surface area (Å²) in [5, 5.41) is 8.84. The Balaban J connectivity index is 3.06. The van der Waals surface area contributed by atoms with Crippen LogP contribution >= 0.6 is 0 Å². The summed E-state index contributed by atoms with van der Waals surface area (Å²) in [6.07, 6.45) is 0. The highest BCUT2D eigenvalue weighted by atomic mass is 16.4. The van der Waals surface area contributed by atoms with Gasteiger partial charge < -0.3 is 10.0 Å². The third-order valence-electron chi connectivity index (χ3n) is 2.36. The molecule has 0 fully saturated rings. The lowest BCUT2D eigenvalue weighted by Crippen LogP contribution is -2.16. The van der Waals surface area contributed by atoms with Crippen LogP contribution in [0.5, 0.6) is 0 Å². The highest BCUT2D eigenvalue weighted by Gasteiger charge is 2.07. The first-order valence-corrected chi connectivity index (χ1v) is 4.61. The van der Waals surface area contributed by atoms with Crippen LogP contribution in [0, 0.1) is 6.92 Å². The quantitative estimate of drug-likeness (QED) is 0.799. The SMILES string of the molecule is CCN(C)c1ccc(C(=O)O)c(C)c1. The number of benzene rings is 1. The molecule has 0 unspecified atom stereocenters. The van der Waals surface area contributed by atoms with Crippen molar-refractivity contribution in [3.63, 3.8) is 0 Å². The zero-order chi connectivity index (χ0) is 10.7. The van der Waals surface area contributed by atoms with Crippen LogP contribution in [-0.4, -0.2) is 24.7 Å². The summed E-state index contributed by atoms with van der Waals surface area (Å²) >= 11 is 0. The molecular weight excluding hydrogens is 178 g/mol. The summed E-state index contributed by atoms with van der Waals surface area (Å²) in [6, 6.07) is 5.38. The highest BCUT2D eigenvalue weighted by Crippen LogP contribution is 2.17. The van der Waals surface area contributed by atoms with E-state index >= 15 is 0 Å². The van der Waals surface area contributed by atoms with Crippen molar-refractivity contribution >= 4 is 11.7 Å². The molecule has 76 valence electrons. The van der Waals surface area contributed by atoms with Crippen molar-refractivity contribution in [3.05, 3.63) is 29.3 Å². The lowest BCUT2D eigenvalue weighted by atomic mass is 10.1. The Morgan fingerprint density at radius 2 is 2.14 bits per heavy atom. The van der Waals surface area contributed by atoms with Gasteiger partial charge in [-0.2, -0.15) is 0 Å². The van der Waals surface area contributed by atoms with Crippen molar-refractivity contribution < 1.29 is 9.90 Å². The number of rotatable bonds is 3. The number of anilines is 1. The third-order valence-corrected chi connectivity index (χ3v) is 2.36. The van der Waals surface area contributed by atoms with Crippen molar-refractivity contribution in [2.45, 2.75) is 13.8 Å². The molecule has 3 heteroatoms. The Kier molecular flexibility index (Phi) is 3.12. The molecule has 0 aromatic heterocycles. The first-order chi connectivity index (χ1) is 6.56. The normalized spacial score (nSPS) is 9.93. The topological polar surface area (TPSA) is 40.5 Å². The van der Waals surface area contributed by atoms with E-state index < -0.39 is 5.97 Å². The average molecular weight is 193 g/mol. The van der Waals surface area contributed by atoms with E-state index in [9.17, 15) is 4.79 Å². The van der Waals surface area contributed by atoms with Crippen molar-refractivity contribution in [3.8, 4) is 0 Å². The highest BCUT2D eigenvalue weighted by molar-refractivity contribution is 5.89. The van der Waals surface area contributed by atoms with Gasteiger partial charge in [0.2, 0.25) is 0 Å². The van der Waals surface area contributed by atoms with E-state index in [-0.39, 0.29) is 0 Å². The molecule has 0 aliphatic rings. The minimum Gasteiger partial charge on any atom is -0.478 e. The van der Waals surface area contributed by atoms with Crippen LogP contribution in [0.25, 0.3) is 0 Å². The Bertz CT molecular complexity index is 347. The largest absolute Gasteiger partial charge is 0.478 e. The minimum absolute atomic E-state index is 0.373. The molecule has 0 heterocycles. The molecular formula is C11H15NO2. The molecule has 0 atom stereocenters. The average Bonchev–Trinajstić information content (AvgIpc) is 2.15. The van der Waals surface area contributed by atoms with E-state index in [1.54, 1.807) is 6.07 Å². The lowest BCUT2D eigenvalue weighted by molar-refractivity contribution is 0.0696. The zero-order valence-corrected chi connectivity index (χ0v) is 8.74. The van der Waals surface area contributed by atoms with Gasteiger partial charge in [0.25, 0.3) is 0 Å². The van der Waals surface area contributed by atoms with Crippen LogP contribution in [0.15, 0.2) is 18.2 Å². The van der Waals surface area contributed by atoms with E-state index in [1.165, 1.54) is 0 Å². The summed E-state index contributed by atoms with van der Waals surface area (Å²) in [5.41, 5.74) is 2.23. The van der Waals surface area contributed by atoms with Crippen molar-refractivity contribution in [2.24, 2.45) is 0 Å². The molecule has 0 aliphatic carbocycles. The Morgan fingerprint density at radius 3 is 2.57 bits per heavy atom. The zero-order valence-electron chi connectivity index (χ0n) is 8.74. The fourth-order valence-electron chi connectivity index (χ4n) is 1.31. The fourth-order valence-corrected chi connectivity index (χ4v) is 1.31. The molecule has 1 rings (SSSR count). The van der Waals surface area contributed by atoms with Gasteiger partial charge >= 0.3 is 5.97 Å². The number of hydrogen-bond donors (Lipinski definition) is 1. The molecule has 1 aromatic rings. The molecule has 0 saturated heterocycles. The Hall–Kier alpha value is -1.51. The monoisotopic (exact) mass is 193 g/mol. The second kappa shape index (κ2) is 4.13. The van der Waals surface area contributed by atoms with Gasteiger partial charge in [0.1, 0.15) is 0 Å². The first-order valence-electron chi connectivity index (χ1n) is 4.61. The third kappa shape index (κ3) is 2.05. The summed E-state index contributed by atoms with van der Waals surface area (Å²) in [6.45, 7) is 4.78.